The van der Waals surface area contributed by atoms with Crippen molar-refractivity contribution < 1.29 is 27.8 Å². The Labute approximate surface area is 169 Å². The van der Waals surface area contributed by atoms with Gasteiger partial charge in [-0.05, 0) is 31.0 Å². The molecule has 1 heterocycles. The molecule has 0 saturated heterocycles. The average molecular weight is 433 g/mol. The summed E-state index contributed by atoms with van der Waals surface area (Å²) in [5.41, 5.74) is 0.293. The number of halogens is 4. The van der Waals surface area contributed by atoms with Crippen LogP contribution in [0, 0.1) is 0 Å². The third-order valence-electron chi connectivity index (χ3n) is 3.49. The van der Waals surface area contributed by atoms with Gasteiger partial charge in [0.05, 0.1) is 22.3 Å². The van der Waals surface area contributed by atoms with Crippen LogP contribution in [0.4, 0.5) is 14.5 Å². The van der Waals surface area contributed by atoms with E-state index < -0.39 is 12.5 Å². The van der Waals surface area contributed by atoms with Crippen molar-refractivity contribution in [2.75, 3.05) is 11.9 Å². The van der Waals surface area contributed by atoms with Crippen molar-refractivity contribution in [1.29, 1.82) is 0 Å². The van der Waals surface area contributed by atoms with Gasteiger partial charge >= 0.3 is 6.61 Å². The first-order chi connectivity index (χ1) is 13.4. The Bertz CT molecular complexity index is 817. The lowest BCUT2D eigenvalue weighted by Gasteiger charge is -2.14. The molecule has 1 aromatic heterocycles. The van der Waals surface area contributed by atoms with Crippen molar-refractivity contribution in [3.8, 4) is 11.5 Å². The van der Waals surface area contributed by atoms with Crippen LogP contribution >= 0.6 is 23.2 Å². The van der Waals surface area contributed by atoms with Gasteiger partial charge in [-0.3, -0.25) is 9.78 Å². The van der Waals surface area contributed by atoms with E-state index in [-0.39, 0.29) is 39.4 Å². The number of anilines is 1. The van der Waals surface area contributed by atoms with E-state index in [1.54, 1.807) is 0 Å². The lowest BCUT2D eigenvalue weighted by molar-refractivity contribution is -0.108. The van der Waals surface area contributed by atoms with Crippen LogP contribution in [0.2, 0.25) is 10.0 Å². The van der Waals surface area contributed by atoms with Crippen molar-refractivity contribution in [3.63, 3.8) is 0 Å². The van der Waals surface area contributed by atoms with E-state index in [2.05, 4.69) is 15.0 Å². The minimum absolute atomic E-state index is 0.0222. The second kappa shape index (κ2) is 10.8. The lowest BCUT2D eigenvalue weighted by Crippen LogP contribution is -2.14. The van der Waals surface area contributed by atoms with Crippen molar-refractivity contribution >= 4 is 41.1 Å². The number of carbonyl (C=O) groups is 2. The number of hydrogen-bond acceptors (Lipinski definition) is 5. The quantitative estimate of drug-likeness (QED) is 0.422. The van der Waals surface area contributed by atoms with E-state index in [1.807, 2.05) is 0 Å². The molecule has 0 spiro atoms. The maximum absolute atomic E-state index is 12.6. The molecule has 2 rings (SSSR count). The van der Waals surface area contributed by atoms with Crippen LogP contribution < -0.4 is 14.8 Å². The first-order valence-electron chi connectivity index (χ1n) is 8.18. The molecule has 0 fully saturated rings. The second-order valence-corrected chi connectivity index (χ2v) is 6.30. The molecule has 1 N–H and O–H groups in total. The fourth-order valence-electron chi connectivity index (χ4n) is 2.18. The fourth-order valence-corrected chi connectivity index (χ4v) is 2.64. The van der Waals surface area contributed by atoms with Crippen molar-refractivity contribution in [2.24, 2.45) is 0 Å². The maximum atomic E-state index is 12.6. The molecule has 28 heavy (non-hydrogen) atoms. The molecule has 0 radical (unpaired) electrons. The Hall–Kier alpha value is -2.45. The van der Waals surface area contributed by atoms with Gasteiger partial charge in [-0.25, -0.2) is 0 Å². The summed E-state index contributed by atoms with van der Waals surface area (Å²) in [4.78, 5) is 26.6. The van der Waals surface area contributed by atoms with E-state index >= 15 is 0 Å². The molecule has 0 bridgehead atoms. The number of ether oxygens (including phenoxy) is 2. The molecule has 0 atom stereocenters. The van der Waals surface area contributed by atoms with Crippen LogP contribution in [-0.2, 0) is 4.79 Å². The number of aromatic nitrogens is 1. The summed E-state index contributed by atoms with van der Waals surface area (Å²) in [7, 11) is 0. The number of rotatable bonds is 10. The number of pyridine rings is 1. The standard InChI is InChI=1S/C18H16Cl2F2N2O4/c19-12-9-23-10-13(20)16(12)24-17(26)11-4-5-14(28-18(21)22)15(8-11)27-7-3-1-2-6-25/h4-6,8-10,18H,1-3,7H2,(H,23,24,26). The van der Waals surface area contributed by atoms with Gasteiger partial charge in [0.15, 0.2) is 11.5 Å². The number of aldehydes is 1. The van der Waals surface area contributed by atoms with Gasteiger partial charge in [-0.1, -0.05) is 23.2 Å². The minimum Gasteiger partial charge on any atom is -0.490 e. The van der Waals surface area contributed by atoms with E-state index in [0.717, 1.165) is 6.29 Å². The molecular weight excluding hydrogens is 417 g/mol. The normalized spacial score (nSPS) is 10.6. The summed E-state index contributed by atoms with van der Waals surface area (Å²) in [5, 5.41) is 2.83. The molecule has 0 aliphatic rings. The number of alkyl halides is 2. The maximum Gasteiger partial charge on any atom is 0.387 e. The number of hydrogen-bond donors (Lipinski definition) is 1. The number of benzene rings is 1. The summed E-state index contributed by atoms with van der Waals surface area (Å²) >= 11 is 11.9. The number of unbranched alkanes of at least 4 members (excludes halogenated alkanes) is 2. The third kappa shape index (κ3) is 6.31. The second-order valence-electron chi connectivity index (χ2n) is 5.48. The highest BCUT2D eigenvalue weighted by Crippen LogP contribution is 2.32. The zero-order valence-corrected chi connectivity index (χ0v) is 16.0. The molecule has 0 aliphatic heterocycles. The van der Waals surface area contributed by atoms with Crippen molar-refractivity contribution in [3.05, 3.63) is 46.2 Å². The van der Waals surface area contributed by atoms with E-state index in [9.17, 15) is 18.4 Å². The van der Waals surface area contributed by atoms with Crippen LogP contribution in [0.3, 0.4) is 0 Å². The highest BCUT2D eigenvalue weighted by molar-refractivity contribution is 6.39. The summed E-state index contributed by atoms with van der Waals surface area (Å²) < 4.78 is 35.1. The number of nitrogens with zero attached hydrogens (tertiary/aromatic N) is 1. The number of carbonyl (C=O) groups excluding carboxylic acids is 2. The molecule has 2 aromatic rings. The summed E-state index contributed by atoms with van der Waals surface area (Å²) in [6.45, 7) is -2.88. The lowest BCUT2D eigenvalue weighted by atomic mass is 10.2. The summed E-state index contributed by atoms with van der Waals surface area (Å²) in [5.74, 6) is -0.808. The minimum atomic E-state index is -3.05. The Balaban J connectivity index is 2.18. The van der Waals surface area contributed by atoms with Crippen molar-refractivity contribution in [2.45, 2.75) is 25.9 Å². The Morgan fingerprint density at radius 2 is 1.89 bits per heavy atom. The molecule has 150 valence electrons. The molecule has 0 unspecified atom stereocenters. The largest absolute Gasteiger partial charge is 0.490 e. The third-order valence-corrected chi connectivity index (χ3v) is 4.06. The highest BCUT2D eigenvalue weighted by Gasteiger charge is 2.17. The predicted octanol–water partition coefficient (Wildman–Crippen LogP) is 4.99. The molecular formula is C18H16Cl2F2N2O4. The molecule has 0 aliphatic carbocycles. The Morgan fingerprint density at radius 1 is 1.18 bits per heavy atom. The van der Waals surface area contributed by atoms with Crippen LogP contribution in [-0.4, -0.2) is 30.4 Å². The smallest absolute Gasteiger partial charge is 0.387 e. The topological polar surface area (TPSA) is 77.5 Å². The van der Waals surface area contributed by atoms with Crippen LogP contribution in [0.25, 0.3) is 0 Å². The summed E-state index contributed by atoms with van der Waals surface area (Å²) in [6, 6.07) is 3.78. The van der Waals surface area contributed by atoms with Crippen LogP contribution in [0.15, 0.2) is 30.6 Å². The van der Waals surface area contributed by atoms with E-state index in [1.165, 1.54) is 30.6 Å². The van der Waals surface area contributed by atoms with Gasteiger partial charge in [-0.2, -0.15) is 8.78 Å². The SMILES string of the molecule is O=CCCCCOc1cc(C(=O)Nc2c(Cl)cncc2Cl)ccc1OC(F)F. The number of amides is 1. The highest BCUT2D eigenvalue weighted by atomic mass is 35.5. The fraction of sp³-hybridized carbons (Fsp3) is 0.278. The molecule has 0 saturated carbocycles. The van der Waals surface area contributed by atoms with Crippen LogP contribution in [0.5, 0.6) is 11.5 Å². The number of nitrogens with one attached hydrogen (secondary N) is 1. The van der Waals surface area contributed by atoms with Crippen LogP contribution in [0.1, 0.15) is 29.6 Å². The van der Waals surface area contributed by atoms with Gasteiger partial charge in [0.25, 0.3) is 5.91 Å². The molecule has 10 heteroatoms. The molecule has 6 nitrogen and oxygen atoms in total. The van der Waals surface area contributed by atoms with E-state index in [4.69, 9.17) is 27.9 Å². The first-order valence-corrected chi connectivity index (χ1v) is 8.93. The van der Waals surface area contributed by atoms with Crippen molar-refractivity contribution in [1.82, 2.24) is 4.98 Å². The Kier molecular flexibility index (Phi) is 8.41. The molecule has 1 aromatic carbocycles. The van der Waals surface area contributed by atoms with Gasteiger partial charge in [-0.15, -0.1) is 0 Å². The van der Waals surface area contributed by atoms with Gasteiger partial charge < -0.3 is 19.6 Å². The first kappa shape index (κ1) is 21.8. The van der Waals surface area contributed by atoms with Gasteiger partial charge in [0.2, 0.25) is 0 Å². The van der Waals surface area contributed by atoms with Gasteiger partial charge in [0, 0.05) is 24.4 Å². The van der Waals surface area contributed by atoms with E-state index in [0.29, 0.717) is 19.3 Å². The Morgan fingerprint density at radius 3 is 2.54 bits per heavy atom. The average Bonchev–Trinajstić information content (AvgIpc) is 2.65. The van der Waals surface area contributed by atoms with Gasteiger partial charge in [0.1, 0.15) is 6.29 Å². The monoisotopic (exact) mass is 432 g/mol. The molecule has 1 amide bonds. The predicted molar refractivity (Wildman–Crippen MR) is 101 cm³/mol. The zero-order valence-electron chi connectivity index (χ0n) is 14.5. The summed E-state index contributed by atoms with van der Waals surface area (Å²) in [6.07, 6.45) is 4.91. The zero-order chi connectivity index (χ0) is 20.5.